The van der Waals surface area contributed by atoms with Crippen LogP contribution in [0.1, 0.15) is 43.2 Å². The van der Waals surface area contributed by atoms with Crippen LogP contribution in [0.3, 0.4) is 0 Å². The fraction of sp³-hybridized carbons (Fsp3) is 0.571. The highest BCUT2D eigenvalue weighted by molar-refractivity contribution is 5.74. The summed E-state index contributed by atoms with van der Waals surface area (Å²) < 4.78 is 59.8. The molecule has 15 heteroatoms. The van der Waals surface area contributed by atoms with Gasteiger partial charge in [0.1, 0.15) is 35.8 Å². The number of halogens is 3. The number of likely N-dealkylation sites (tertiary alicyclic amines) is 1. The number of nitrogens with zero attached hydrogens (tertiary/aromatic N) is 6. The zero-order valence-electron chi connectivity index (χ0n) is 24.1. The van der Waals surface area contributed by atoms with E-state index in [0.717, 1.165) is 25.0 Å². The topological polar surface area (TPSA) is 139 Å². The van der Waals surface area contributed by atoms with Gasteiger partial charge in [0.2, 0.25) is 0 Å². The quantitative estimate of drug-likeness (QED) is 0.370. The molecule has 2 aromatic heterocycles. The predicted molar refractivity (Wildman–Crippen MR) is 144 cm³/mol. The Bertz CT molecular complexity index is 1390. The minimum absolute atomic E-state index is 0.00550. The first-order chi connectivity index (χ1) is 20.6. The van der Waals surface area contributed by atoms with Gasteiger partial charge in [0.05, 0.1) is 24.6 Å². The lowest BCUT2D eigenvalue weighted by Gasteiger charge is -2.43. The van der Waals surface area contributed by atoms with E-state index < -0.39 is 54.5 Å². The Balaban J connectivity index is 1.31. The molecule has 0 aliphatic carbocycles. The molecular formula is C28H35F3N6O6. The summed E-state index contributed by atoms with van der Waals surface area (Å²) in [6, 6.07) is 2.54. The summed E-state index contributed by atoms with van der Waals surface area (Å²) in [5.41, 5.74) is 0.574. The van der Waals surface area contributed by atoms with Gasteiger partial charge in [-0.25, -0.2) is 22.6 Å². The van der Waals surface area contributed by atoms with E-state index in [2.05, 4.69) is 15.5 Å². The number of benzene rings is 1. The molecule has 0 radical (unpaired) electrons. The molecule has 0 unspecified atom stereocenters. The molecule has 2 amide bonds. The average Bonchev–Trinajstić information content (AvgIpc) is 3.70. The van der Waals surface area contributed by atoms with Crippen LogP contribution in [0.25, 0.3) is 11.3 Å². The third-order valence-electron chi connectivity index (χ3n) is 8.29. The Kier molecular flexibility index (Phi) is 9.34. The number of urea groups is 1. The van der Waals surface area contributed by atoms with Gasteiger partial charge in [-0.05, 0) is 31.9 Å². The van der Waals surface area contributed by atoms with E-state index >= 15 is 0 Å². The van der Waals surface area contributed by atoms with Crippen LogP contribution < -0.4 is 0 Å². The maximum Gasteiger partial charge on any atom is 0.319 e. The minimum atomic E-state index is -1.60. The number of rotatable bonds is 8. The number of aromatic nitrogens is 4. The van der Waals surface area contributed by atoms with E-state index in [9.17, 15) is 28.2 Å². The number of carbonyl (C=O) groups is 1. The highest BCUT2D eigenvalue weighted by atomic mass is 19.2. The molecule has 1 aromatic carbocycles. The fourth-order valence-electron chi connectivity index (χ4n) is 5.74. The van der Waals surface area contributed by atoms with Gasteiger partial charge in [-0.1, -0.05) is 10.4 Å². The molecule has 0 bridgehead atoms. The van der Waals surface area contributed by atoms with Gasteiger partial charge in [0.25, 0.3) is 0 Å². The summed E-state index contributed by atoms with van der Waals surface area (Å²) in [6.07, 6.45) is -0.766. The van der Waals surface area contributed by atoms with Crippen LogP contribution in [0.5, 0.6) is 0 Å². The van der Waals surface area contributed by atoms with E-state index in [4.69, 9.17) is 14.0 Å². The summed E-state index contributed by atoms with van der Waals surface area (Å²) in [5.74, 6) is -3.55. The molecule has 2 N–H and O–H groups in total. The molecule has 0 saturated carbocycles. The number of aliphatic hydroxyl groups excluding tert-OH is 2. The van der Waals surface area contributed by atoms with E-state index in [1.807, 2.05) is 17.9 Å². The van der Waals surface area contributed by atoms with Crippen molar-refractivity contribution in [1.82, 2.24) is 30.0 Å². The second kappa shape index (κ2) is 13.0. The predicted octanol–water partition coefficient (Wildman–Crippen LogP) is 2.52. The zero-order valence-corrected chi connectivity index (χ0v) is 24.1. The van der Waals surface area contributed by atoms with Gasteiger partial charge in [0, 0.05) is 57.8 Å². The van der Waals surface area contributed by atoms with Gasteiger partial charge in [-0.3, -0.25) is 0 Å². The van der Waals surface area contributed by atoms with Crippen molar-refractivity contribution in [2.75, 3.05) is 40.4 Å². The summed E-state index contributed by atoms with van der Waals surface area (Å²) in [6.45, 7) is 3.27. The molecule has 3 aromatic rings. The fourth-order valence-corrected chi connectivity index (χ4v) is 5.74. The molecule has 2 aliphatic heterocycles. The first-order valence-corrected chi connectivity index (χ1v) is 14.1. The van der Waals surface area contributed by atoms with Crippen LogP contribution in [0.15, 0.2) is 28.9 Å². The summed E-state index contributed by atoms with van der Waals surface area (Å²) in [7, 11) is 3.21. The monoisotopic (exact) mass is 608 g/mol. The minimum Gasteiger partial charge on any atom is -0.394 e. The number of hydrogen-bond acceptors (Lipinski definition) is 9. The molecule has 5 atom stereocenters. The number of hydrogen-bond donors (Lipinski definition) is 2. The summed E-state index contributed by atoms with van der Waals surface area (Å²) >= 11 is 0. The molecule has 2 saturated heterocycles. The van der Waals surface area contributed by atoms with Crippen molar-refractivity contribution in [3.63, 3.8) is 0 Å². The standard InChI is InChI=1S/C28H35F3N6O6/c1-4-35(2)28(40)36-7-5-15(6-8-36)21-11-17(33-43-21)12-22-27(41-3)25(26(39)23(14-38)42-22)37-13-20(32-34-37)16-9-18(29)24(31)19(30)10-16/h9-11,13,15,22-23,25-27,38-39H,4-8,12,14H2,1-3H3/t22-,23-,25+,26+,27+/m1/s1. The molecule has 2 aliphatic rings. The van der Waals surface area contributed by atoms with Gasteiger partial charge >= 0.3 is 6.03 Å². The maximum atomic E-state index is 13.8. The second-order valence-electron chi connectivity index (χ2n) is 10.9. The van der Waals surface area contributed by atoms with Crippen LogP contribution >= 0.6 is 0 Å². The van der Waals surface area contributed by atoms with Gasteiger partial charge in [0.15, 0.2) is 17.5 Å². The zero-order chi connectivity index (χ0) is 30.8. The van der Waals surface area contributed by atoms with Crippen LogP contribution in [0, 0.1) is 17.5 Å². The Morgan fingerprint density at radius 3 is 2.49 bits per heavy atom. The SMILES string of the molecule is CCN(C)C(=O)N1CCC(c2cc(C[C@H]3O[C@H](CO)[C@H](O)[C@H](n4cc(-c5cc(F)c(F)c(F)c5)nn4)[C@H]3OC)no2)CC1. The van der Waals surface area contributed by atoms with E-state index in [0.29, 0.717) is 31.1 Å². The van der Waals surface area contributed by atoms with Crippen molar-refractivity contribution in [2.24, 2.45) is 0 Å². The normalized spacial score (nSPS) is 24.8. The van der Waals surface area contributed by atoms with Crippen molar-refractivity contribution in [3.05, 3.63) is 53.3 Å². The third kappa shape index (κ3) is 6.25. The van der Waals surface area contributed by atoms with Crippen molar-refractivity contribution >= 4 is 6.03 Å². The molecule has 0 spiro atoms. The molecule has 2 fully saturated rings. The summed E-state index contributed by atoms with van der Waals surface area (Å²) in [4.78, 5) is 16.0. The lowest BCUT2D eigenvalue weighted by atomic mass is 9.89. The molecule has 12 nitrogen and oxygen atoms in total. The number of amides is 2. The lowest BCUT2D eigenvalue weighted by molar-refractivity contribution is -0.212. The average molecular weight is 609 g/mol. The number of methoxy groups -OCH3 is 1. The summed E-state index contributed by atoms with van der Waals surface area (Å²) in [5, 5.41) is 33.3. The molecule has 234 valence electrons. The second-order valence-corrected chi connectivity index (χ2v) is 10.9. The highest BCUT2D eigenvalue weighted by Gasteiger charge is 2.47. The highest BCUT2D eigenvalue weighted by Crippen LogP contribution is 2.35. The maximum absolute atomic E-state index is 13.8. The molecular weight excluding hydrogens is 573 g/mol. The lowest BCUT2D eigenvalue weighted by Crippen LogP contribution is -2.57. The van der Waals surface area contributed by atoms with Crippen molar-refractivity contribution in [2.45, 2.75) is 62.6 Å². The number of aliphatic hydroxyl groups is 2. The molecule has 43 heavy (non-hydrogen) atoms. The van der Waals surface area contributed by atoms with Crippen molar-refractivity contribution in [3.8, 4) is 11.3 Å². The van der Waals surface area contributed by atoms with Gasteiger partial charge < -0.3 is 34.0 Å². The molecule has 4 heterocycles. The Morgan fingerprint density at radius 2 is 1.86 bits per heavy atom. The van der Waals surface area contributed by atoms with Gasteiger partial charge in [-0.15, -0.1) is 5.10 Å². The van der Waals surface area contributed by atoms with Crippen molar-refractivity contribution < 1.29 is 42.2 Å². The van der Waals surface area contributed by atoms with E-state index in [1.54, 1.807) is 11.9 Å². The van der Waals surface area contributed by atoms with E-state index in [-0.39, 0.29) is 29.6 Å². The van der Waals surface area contributed by atoms with E-state index in [1.165, 1.54) is 18.0 Å². The van der Waals surface area contributed by atoms with Crippen LogP contribution in [0.4, 0.5) is 18.0 Å². The van der Waals surface area contributed by atoms with Crippen LogP contribution in [-0.2, 0) is 15.9 Å². The Hall–Kier alpha value is -3.53. The third-order valence-corrected chi connectivity index (χ3v) is 8.29. The van der Waals surface area contributed by atoms with Crippen LogP contribution in [0.2, 0.25) is 0 Å². The number of ether oxygens (including phenoxy) is 2. The van der Waals surface area contributed by atoms with Gasteiger partial charge in [-0.2, -0.15) is 0 Å². The number of carbonyl (C=O) groups excluding carboxylic acids is 1. The first kappa shape index (κ1) is 30.9. The first-order valence-electron chi connectivity index (χ1n) is 14.1. The van der Waals surface area contributed by atoms with Crippen LogP contribution in [-0.4, -0.2) is 111 Å². The number of piperidine rings is 1. The van der Waals surface area contributed by atoms with Crippen molar-refractivity contribution in [1.29, 1.82) is 0 Å². The smallest absolute Gasteiger partial charge is 0.319 e. The largest absolute Gasteiger partial charge is 0.394 e. The molecule has 5 rings (SSSR count). The Labute approximate surface area is 245 Å². The Morgan fingerprint density at radius 1 is 1.16 bits per heavy atom.